The van der Waals surface area contributed by atoms with Gasteiger partial charge in [-0.05, 0) is 75.9 Å². The first-order valence-electron chi connectivity index (χ1n) is 10.6. The minimum Gasteiger partial charge on any atom is -0.495 e. The largest absolute Gasteiger partial charge is 0.495 e. The van der Waals surface area contributed by atoms with Crippen molar-refractivity contribution in [2.24, 2.45) is 10.3 Å². The molecule has 0 amide bonds. The average Bonchev–Trinajstić information content (AvgIpc) is 3.52. The van der Waals surface area contributed by atoms with Gasteiger partial charge in [0.15, 0.2) is 22.6 Å². The van der Waals surface area contributed by atoms with E-state index in [2.05, 4.69) is 83.5 Å². The van der Waals surface area contributed by atoms with E-state index in [1.165, 1.54) is 28.4 Å². The molecule has 0 aromatic heterocycles. The molecule has 208 valence electrons. The Morgan fingerprint density at radius 3 is 1.42 bits per heavy atom. The Morgan fingerprint density at radius 2 is 1.13 bits per heavy atom. The molecular weight excluding hydrogens is 772 g/mol. The molecule has 0 aromatic carbocycles. The van der Waals surface area contributed by atoms with Crippen LogP contribution in [-0.2, 0) is 38.2 Å². The lowest BCUT2D eigenvalue weighted by atomic mass is 9.87. The van der Waals surface area contributed by atoms with E-state index >= 15 is 0 Å². The number of ether oxygens (including phenoxy) is 4. The Morgan fingerprint density at radius 1 is 0.789 bits per heavy atom. The van der Waals surface area contributed by atoms with E-state index in [0.29, 0.717) is 29.4 Å². The smallest absolute Gasteiger partial charge is 0.356 e. The summed E-state index contributed by atoms with van der Waals surface area (Å²) in [4.78, 5) is 33.4. The molecule has 0 saturated carbocycles. The molecule has 0 radical (unpaired) electrons. The fourth-order valence-corrected chi connectivity index (χ4v) is 7.43. The van der Waals surface area contributed by atoms with Gasteiger partial charge in [-0.1, -0.05) is 10.3 Å². The molecule has 2 aliphatic carbocycles. The highest BCUT2D eigenvalue weighted by molar-refractivity contribution is 9.12. The summed E-state index contributed by atoms with van der Waals surface area (Å²) in [7, 11) is 5.50. The van der Waals surface area contributed by atoms with Gasteiger partial charge in [0.1, 0.15) is 23.7 Å². The van der Waals surface area contributed by atoms with Gasteiger partial charge in [0, 0.05) is 12.8 Å². The molecule has 2 heterocycles. The van der Waals surface area contributed by atoms with E-state index in [0.717, 1.165) is 0 Å². The van der Waals surface area contributed by atoms with Gasteiger partial charge in [0.25, 0.3) is 0 Å². The minimum atomic E-state index is -1.14. The standard InChI is InChI=1S/2C11H11Br2NO5/c2*1-17-8-5(12)3-11(9(15)7(8)13)4-6(14-19-11)10(16)18-2/h2*3,9,15H,4H2,1-2H3/t2*9-,11-/m11/s1. The number of allylic oxidation sites excluding steroid dienone is 2. The molecule has 4 atom stereocenters. The Bertz CT molecular complexity index is 1120. The number of nitrogens with zero attached hydrogens (tertiary/aromatic N) is 2. The summed E-state index contributed by atoms with van der Waals surface area (Å²) >= 11 is 13.2. The monoisotopic (exact) mass is 790 g/mol. The number of hydrogen-bond acceptors (Lipinski definition) is 12. The van der Waals surface area contributed by atoms with Gasteiger partial charge >= 0.3 is 11.9 Å². The SMILES string of the molecule is COC(=O)C1=NO[C@]2(C=C(Br)C(OC)=C(Br)[C@H]2O)C1.COC(=O)C1=NO[C@]2(C=C(Br)C(OC)=C(Br)[C@H]2O)C1. The van der Waals surface area contributed by atoms with Gasteiger partial charge in [-0.3, -0.25) is 0 Å². The molecule has 0 fully saturated rings. The first-order valence-corrected chi connectivity index (χ1v) is 13.7. The zero-order valence-electron chi connectivity index (χ0n) is 20.3. The number of aliphatic hydroxyl groups excluding tert-OH is 2. The molecule has 4 rings (SSSR count). The number of rotatable bonds is 4. The van der Waals surface area contributed by atoms with E-state index in [1.54, 1.807) is 12.2 Å². The van der Waals surface area contributed by atoms with E-state index in [9.17, 15) is 19.8 Å². The lowest BCUT2D eigenvalue weighted by Crippen LogP contribution is -2.44. The highest BCUT2D eigenvalue weighted by Gasteiger charge is 2.52. The molecule has 4 aliphatic rings. The third kappa shape index (κ3) is 5.61. The quantitative estimate of drug-likeness (QED) is 0.406. The molecule has 0 unspecified atom stereocenters. The Kier molecular flexibility index (Phi) is 9.90. The summed E-state index contributed by atoms with van der Waals surface area (Å²) in [5.74, 6) is -0.223. The van der Waals surface area contributed by atoms with E-state index < -0.39 is 35.3 Å². The summed E-state index contributed by atoms with van der Waals surface area (Å²) in [6.45, 7) is 0. The number of carbonyl (C=O) groups excluding carboxylic acids is 2. The Hall–Kier alpha value is -1.72. The molecule has 38 heavy (non-hydrogen) atoms. The van der Waals surface area contributed by atoms with Crippen LogP contribution in [0.3, 0.4) is 0 Å². The van der Waals surface area contributed by atoms with Crippen LogP contribution in [0.4, 0.5) is 0 Å². The minimum absolute atomic E-state index is 0.113. The average molecular weight is 794 g/mol. The van der Waals surface area contributed by atoms with Crippen LogP contribution in [0.15, 0.2) is 51.9 Å². The molecule has 0 aromatic rings. The molecular formula is C22H22Br4N2O10. The van der Waals surface area contributed by atoms with Gasteiger partial charge in [-0.25, -0.2) is 9.59 Å². The predicted octanol–water partition coefficient (Wildman–Crippen LogP) is 3.16. The second-order valence-corrected chi connectivity index (χ2v) is 11.5. The Labute approximate surface area is 250 Å². The Balaban J connectivity index is 0.000000211. The van der Waals surface area contributed by atoms with Gasteiger partial charge in [0.05, 0.1) is 46.4 Å². The molecule has 12 nitrogen and oxygen atoms in total. The van der Waals surface area contributed by atoms with Crippen LogP contribution in [-0.4, -0.2) is 85.4 Å². The van der Waals surface area contributed by atoms with Gasteiger partial charge in [0.2, 0.25) is 0 Å². The number of esters is 2. The summed E-state index contributed by atoms with van der Waals surface area (Å²) in [5.41, 5.74) is -2.02. The molecule has 16 heteroatoms. The number of methoxy groups -OCH3 is 4. The maximum atomic E-state index is 11.4. The zero-order chi connectivity index (χ0) is 28.4. The highest BCUT2D eigenvalue weighted by Crippen LogP contribution is 2.45. The molecule has 2 aliphatic heterocycles. The number of aliphatic hydroxyl groups is 2. The molecule has 0 bridgehead atoms. The van der Waals surface area contributed by atoms with Crippen molar-refractivity contribution >= 4 is 87.1 Å². The maximum absolute atomic E-state index is 11.4. The normalized spacial score (nSPS) is 29.8. The van der Waals surface area contributed by atoms with Crippen molar-refractivity contribution in [2.75, 3.05) is 28.4 Å². The van der Waals surface area contributed by atoms with Gasteiger partial charge in [-0.2, -0.15) is 0 Å². The van der Waals surface area contributed by atoms with Gasteiger partial charge in [-0.15, -0.1) is 0 Å². The summed E-state index contributed by atoms with van der Waals surface area (Å²) in [6.07, 6.45) is 1.41. The molecule has 2 spiro atoms. The highest BCUT2D eigenvalue weighted by atomic mass is 79.9. The van der Waals surface area contributed by atoms with Crippen molar-refractivity contribution in [2.45, 2.75) is 36.3 Å². The third-order valence-corrected chi connectivity index (χ3v) is 8.57. The number of carbonyl (C=O) groups is 2. The van der Waals surface area contributed by atoms with Crippen LogP contribution in [0, 0.1) is 0 Å². The fourth-order valence-electron chi connectivity index (χ4n) is 3.85. The second-order valence-electron chi connectivity index (χ2n) is 8.06. The predicted molar refractivity (Wildman–Crippen MR) is 148 cm³/mol. The van der Waals surface area contributed by atoms with Crippen LogP contribution < -0.4 is 0 Å². The van der Waals surface area contributed by atoms with Gasteiger partial charge < -0.3 is 38.8 Å². The van der Waals surface area contributed by atoms with Crippen LogP contribution in [0.1, 0.15) is 12.8 Å². The summed E-state index contributed by atoms with van der Waals surface area (Å²) in [5, 5.41) is 28.0. The lowest BCUT2D eigenvalue weighted by Gasteiger charge is -2.33. The first-order chi connectivity index (χ1) is 17.9. The second kappa shape index (κ2) is 12.2. The van der Waals surface area contributed by atoms with Crippen molar-refractivity contribution in [3.8, 4) is 0 Å². The first kappa shape index (κ1) is 30.8. The topological polar surface area (TPSA) is 155 Å². The van der Waals surface area contributed by atoms with Crippen molar-refractivity contribution in [3.63, 3.8) is 0 Å². The van der Waals surface area contributed by atoms with E-state index in [1.807, 2.05) is 0 Å². The third-order valence-electron chi connectivity index (χ3n) is 5.80. The molecule has 0 saturated heterocycles. The van der Waals surface area contributed by atoms with E-state index in [4.69, 9.17) is 19.1 Å². The molecule has 2 N–H and O–H groups in total. The number of oxime groups is 2. The van der Waals surface area contributed by atoms with Crippen molar-refractivity contribution in [1.82, 2.24) is 0 Å². The number of halogens is 4. The van der Waals surface area contributed by atoms with Crippen LogP contribution >= 0.6 is 63.7 Å². The van der Waals surface area contributed by atoms with Crippen molar-refractivity contribution in [1.29, 1.82) is 0 Å². The lowest BCUT2D eigenvalue weighted by molar-refractivity contribution is -0.133. The zero-order valence-corrected chi connectivity index (χ0v) is 26.6. The maximum Gasteiger partial charge on any atom is 0.356 e. The van der Waals surface area contributed by atoms with Crippen LogP contribution in [0.25, 0.3) is 0 Å². The summed E-state index contributed by atoms with van der Waals surface area (Å²) in [6, 6.07) is 0. The fraction of sp³-hybridized carbons (Fsp3) is 0.455. The van der Waals surface area contributed by atoms with Crippen molar-refractivity contribution < 1.29 is 48.4 Å². The van der Waals surface area contributed by atoms with Crippen LogP contribution in [0.2, 0.25) is 0 Å². The van der Waals surface area contributed by atoms with Crippen LogP contribution in [0.5, 0.6) is 0 Å². The number of hydrogen-bond donors (Lipinski definition) is 2. The summed E-state index contributed by atoms with van der Waals surface area (Å²) < 4.78 is 21.5. The van der Waals surface area contributed by atoms with Crippen molar-refractivity contribution in [3.05, 3.63) is 41.6 Å². The van der Waals surface area contributed by atoms with E-state index in [-0.39, 0.29) is 24.3 Å².